The summed E-state index contributed by atoms with van der Waals surface area (Å²) in [6.07, 6.45) is 2.37. The molecule has 2 rings (SSSR count). The lowest BCUT2D eigenvalue weighted by Crippen LogP contribution is -2.40. The number of hydrogen-bond donors (Lipinski definition) is 2. The lowest BCUT2D eigenvalue weighted by atomic mass is 9.92. The molecule has 19 heavy (non-hydrogen) atoms. The molecule has 1 fully saturated rings. The third-order valence-electron chi connectivity index (χ3n) is 3.35. The van der Waals surface area contributed by atoms with Gasteiger partial charge in [-0.25, -0.2) is 0 Å². The summed E-state index contributed by atoms with van der Waals surface area (Å²) in [5, 5.41) is 15.5. The summed E-state index contributed by atoms with van der Waals surface area (Å²) in [7, 11) is 0. The molecular formula is C14H16ClN3O. The van der Waals surface area contributed by atoms with Crippen LogP contribution in [-0.4, -0.2) is 18.0 Å². The van der Waals surface area contributed by atoms with Crippen molar-refractivity contribution in [1.82, 2.24) is 5.32 Å². The van der Waals surface area contributed by atoms with E-state index < -0.39 is 0 Å². The van der Waals surface area contributed by atoms with Gasteiger partial charge < -0.3 is 10.6 Å². The summed E-state index contributed by atoms with van der Waals surface area (Å²) in [4.78, 5) is 11.5. The quantitative estimate of drug-likeness (QED) is 0.889. The number of amides is 1. The van der Waals surface area contributed by atoms with Gasteiger partial charge in [-0.1, -0.05) is 24.9 Å². The van der Waals surface area contributed by atoms with Crippen molar-refractivity contribution in [3.05, 3.63) is 28.8 Å². The molecule has 1 aliphatic heterocycles. The molecule has 1 aliphatic rings. The van der Waals surface area contributed by atoms with Gasteiger partial charge in [0, 0.05) is 12.2 Å². The van der Waals surface area contributed by atoms with Gasteiger partial charge in [0.1, 0.15) is 6.07 Å². The van der Waals surface area contributed by atoms with Crippen molar-refractivity contribution in [3.63, 3.8) is 0 Å². The van der Waals surface area contributed by atoms with Gasteiger partial charge in [0.15, 0.2) is 0 Å². The number of nitrogens with one attached hydrogen (secondary N) is 2. The number of carbonyl (C=O) groups is 1. The van der Waals surface area contributed by atoms with Gasteiger partial charge in [-0.05, 0) is 24.6 Å². The number of nitriles is 1. The first kappa shape index (κ1) is 13.7. The zero-order valence-corrected chi connectivity index (χ0v) is 11.5. The first-order valence-electron chi connectivity index (χ1n) is 6.33. The number of anilines is 1. The van der Waals surface area contributed by atoms with Gasteiger partial charge in [-0.3, -0.25) is 4.79 Å². The summed E-state index contributed by atoms with van der Waals surface area (Å²) in [5.41, 5.74) is 1.05. The standard InChI is InChI=1S/C14H16ClN3O/c1-2-5-14(7-13(19)17-9-14)18-11-4-3-10(8-16)12(15)6-11/h3-4,6,18H,2,5,7,9H2,1H3,(H,17,19)/t14-/m0/s1. The summed E-state index contributed by atoms with van der Waals surface area (Å²) >= 11 is 6.02. The van der Waals surface area contributed by atoms with E-state index in [4.69, 9.17) is 16.9 Å². The Labute approximate surface area is 117 Å². The van der Waals surface area contributed by atoms with Crippen molar-refractivity contribution in [2.45, 2.75) is 31.7 Å². The molecule has 4 nitrogen and oxygen atoms in total. The molecule has 1 atom stereocenters. The maximum absolute atomic E-state index is 11.5. The maximum atomic E-state index is 11.5. The molecule has 1 aromatic rings. The lowest BCUT2D eigenvalue weighted by molar-refractivity contribution is -0.119. The van der Waals surface area contributed by atoms with E-state index in [9.17, 15) is 4.79 Å². The molecule has 0 radical (unpaired) electrons. The molecule has 2 N–H and O–H groups in total. The van der Waals surface area contributed by atoms with E-state index >= 15 is 0 Å². The van der Waals surface area contributed by atoms with Crippen LogP contribution in [-0.2, 0) is 4.79 Å². The highest BCUT2D eigenvalue weighted by Gasteiger charge is 2.37. The number of halogens is 1. The fourth-order valence-corrected chi connectivity index (χ4v) is 2.72. The highest BCUT2D eigenvalue weighted by atomic mass is 35.5. The van der Waals surface area contributed by atoms with Crippen LogP contribution in [0.1, 0.15) is 31.7 Å². The molecule has 0 aromatic heterocycles. The van der Waals surface area contributed by atoms with Crippen LogP contribution in [0.4, 0.5) is 5.69 Å². The van der Waals surface area contributed by atoms with Gasteiger partial charge in [-0.2, -0.15) is 5.26 Å². The topological polar surface area (TPSA) is 64.9 Å². The van der Waals surface area contributed by atoms with Crippen LogP contribution >= 0.6 is 11.6 Å². The first-order chi connectivity index (χ1) is 9.08. The summed E-state index contributed by atoms with van der Waals surface area (Å²) in [6.45, 7) is 2.72. The Kier molecular flexibility index (Phi) is 3.96. The Hall–Kier alpha value is -1.73. The van der Waals surface area contributed by atoms with Gasteiger partial charge >= 0.3 is 0 Å². The zero-order chi connectivity index (χ0) is 13.9. The minimum Gasteiger partial charge on any atom is -0.377 e. The van der Waals surface area contributed by atoms with Crippen molar-refractivity contribution in [2.75, 3.05) is 11.9 Å². The monoisotopic (exact) mass is 277 g/mol. The molecule has 100 valence electrons. The Balaban J connectivity index is 2.21. The van der Waals surface area contributed by atoms with Crippen molar-refractivity contribution in [3.8, 4) is 6.07 Å². The van der Waals surface area contributed by atoms with Crippen molar-refractivity contribution >= 4 is 23.2 Å². The zero-order valence-electron chi connectivity index (χ0n) is 10.8. The predicted octanol–water partition coefficient (Wildman–Crippen LogP) is 2.68. The second-order valence-electron chi connectivity index (χ2n) is 4.92. The smallest absolute Gasteiger partial charge is 0.222 e. The summed E-state index contributed by atoms with van der Waals surface area (Å²) < 4.78 is 0. The molecule has 0 saturated carbocycles. The number of nitrogens with zero attached hydrogens (tertiary/aromatic N) is 1. The van der Waals surface area contributed by atoms with Crippen molar-refractivity contribution in [2.24, 2.45) is 0 Å². The van der Waals surface area contributed by atoms with Crippen LogP contribution < -0.4 is 10.6 Å². The molecule has 1 aromatic carbocycles. The number of benzene rings is 1. The predicted molar refractivity (Wildman–Crippen MR) is 75.1 cm³/mol. The number of carbonyl (C=O) groups excluding carboxylic acids is 1. The van der Waals surface area contributed by atoms with Crippen molar-refractivity contribution < 1.29 is 4.79 Å². The highest BCUT2D eigenvalue weighted by molar-refractivity contribution is 6.32. The van der Waals surface area contributed by atoms with Crippen LogP contribution in [0.3, 0.4) is 0 Å². The number of hydrogen-bond acceptors (Lipinski definition) is 3. The average molecular weight is 278 g/mol. The van der Waals surface area contributed by atoms with Gasteiger partial charge in [-0.15, -0.1) is 0 Å². The molecular weight excluding hydrogens is 262 g/mol. The molecule has 1 amide bonds. The molecule has 0 unspecified atom stereocenters. The average Bonchev–Trinajstić information content (AvgIpc) is 2.71. The van der Waals surface area contributed by atoms with E-state index in [1.807, 2.05) is 12.1 Å². The SMILES string of the molecule is CCC[C@@]1(Nc2ccc(C#N)c(Cl)c2)CNC(=O)C1. The molecule has 1 heterocycles. The third-order valence-corrected chi connectivity index (χ3v) is 3.66. The van der Waals surface area contributed by atoms with E-state index in [0.717, 1.165) is 18.5 Å². The van der Waals surface area contributed by atoms with Gasteiger partial charge in [0.2, 0.25) is 5.91 Å². The van der Waals surface area contributed by atoms with E-state index in [1.165, 1.54) is 0 Å². The first-order valence-corrected chi connectivity index (χ1v) is 6.71. The minimum absolute atomic E-state index is 0.0701. The summed E-state index contributed by atoms with van der Waals surface area (Å²) in [6, 6.07) is 7.28. The third kappa shape index (κ3) is 2.99. The maximum Gasteiger partial charge on any atom is 0.222 e. The second kappa shape index (κ2) is 5.50. The van der Waals surface area contributed by atoms with Crippen LogP contribution in [0.15, 0.2) is 18.2 Å². The minimum atomic E-state index is -0.247. The Morgan fingerprint density at radius 3 is 2.89 bits per heavy atom. The van der Waals surface area contributed by atoms with E-state index in [1.54, 1.807) is 12.1 Å². The number of rotatable bonds is 4. The molecule has 0 spiro atoms. The molecule has 0 bridgehead atoms. The molecule has 0 aliphatic carbocycles. The van der Waals surface area contributed by atoms with Crippen molar-refractivity contribution in [1.29, 1.82) is 5.26 Å². The fraction of sp³-hybridized carbons (Fsp3) is 0.429. The second-order valence-corrected chi connectivity index (χ2v) is 5.32. The van der Waals surface area contributed by atoms with E-state index in [0.29, 0.717) is 23.6 Å². The summed E-state index contributed by atoms with van der Waals surface area (Å²) in [5.74, 6) is 0.0701. The van der Waals surface area contributed by atoms with Crippen LogP contribution in [0, 0.1) is 11.3 Å². The van der Waals surface area contributed by atoms with Gasteiger partial charge in [0.25, 0.3) is 0 Å². The van der Waals surface area contributed by atoms with Gasteiger partial charge in [0.05, 0.1) is 22.5 Å². The largest absolute Gasteiger partial charge is 0.377 e. The normalized spacial score (nSPS) is 21.8. The van der Waals surface area contributed by atoms with Crippen LogP contribution in [0.5, 0.6) is 0 Å². The lowest BCUT2D eigenvalue weighted by Gasteiger charge is -2.29. The van der Waals surface area contributed by atoms with Crippen LogP contribution in [0.2, 0.25) is 5.02 Å². The molecule has 1 saturated heterocycles. The Bertz CT molecular complexity index is 538. The fourth-order valence-electron chi connectivity index (χ4n) is 2.50. The molecule has 5 heteroatoms. The van der Waals surface area contributed by atoms with E-state index in [2.05, 4.69) is 17.6 Å². The van der Waals surface area contributed by atoms with Crippen LogP contribution in [0.25, 0.3) is 0 Å². The Morgan fingerprint density at radius 2 is 2.37 bits per heavy atom. The van der Waals surface area contributed by atoms with E-state index in [-0.39, 0.29) is 11.4 Å². The highest BCUT2D eigenvalue weighted by Crippen LogP contribution is 2.29. The Morgan fingerprint density at radius 1 is 1.58 bits per heavy atom.